The van der Waals surface area contributed by atoms with Gasteiger partial charge in [0, 0.05) is 19.3 Å². The molecule has 308 valence electrons. The van der Waals surface area contributed by atoms with E-state index in [1.807, 2.05) is 30.3 Å². The van der Waals surface area contributed by atoms with E-state index in [1.165, 1.54) is 83.5 Å². The minimum Gasteiger partial charge on any atom is -0.466 e. The number of ether oxygens (including phenoxy) is 4. The summed E-state index contributed by atoms with van der Waals surface area (Å²) in [6, 6.07) is 9.79. The Kier molecular flexibility index (Phi) is 30.6. The van der Waals surface area contributed by atoms with E-state index < -0.39 is 0 Å². The first-order chi connectivity index (χ1) is 26.6. The van der Waals surface area contributed by atoms with Crippen molar-refractivity contribution in [3.63, 3.8) is 0 Å². The topological polar surface area (TPSA) is 91.4 Å². The van der Waals surface area contributed by atoms with E-state index in [-0.39, 0.29) is 17.9 Å². The highest BCUT2D eigenvalue weighted by Gasteiger charge is 2.36. The lowest BCUT2D eigenvalue weighted by atomic mass is 10.1. The van der Waals surface area contributed by atoms with Gasteiger partial charge in [-0.15, -0.1) is 0 Å². The van der Waals surface area contributed by atoms with Gasteiger partial charge in [0.2, 0.25) is 0 Å². The molecule has 7 heteroatoms. The van der Waals surface area contributed by atoms with Crippen molar-refractivity contribution in [1.29, 1.82) is 0 Å². The minimum atomic E-state index is -0.113. The van der Waals surface area contributed by atoms with Crippen molar-refractivity contribution >= 4 is 17.9 Å². The van der Waals surface area contributed by atoms with Crippen LogP contribution in [0.2, 0.25) is 0 Å². The van der Waals surface area contributed by atoms with Crippen molar-refractivity contribution in [2.75, 3.05) is 13.2 Å². The van der Waals surface area contributed by atoms with Crippen molar-refractivity contribution in [2.45, 2.75) is 218 Å². The molecule has 1 aromatic rings. The fourth-order valence-electron chi connectivity index (χ4n) is 6.84. The molecule has 2 rings (SSSR count). The Labute approximate surface area is 330 Å². The summed E-state index contributed by atoms with van der Waals surface area (Å²) in [4.78, 5) is 35.9. The number of rotatable bonds is 38. The fourth-order valence-corrected chi connectivity index (χ4v) is 6.84. The number of hydrogen-bond acceptors (Lipinski definition) is 7. The predicted molar refractivity (Wildman–Crippen MR) is 220 cm³/mol. The van der Waals surface area contributed by atoms with Crippen LogP contribution >= 0.6 is 0 Å². The molecule has 0 N–H and O–H groups in total. The normalized spacial score (nSPS) is 15.1. The largest absolute Gasteiger partial charge is 0.466 e. The lowest BCUT2D eigenvalue weighted by Crippen LogP contribution is -2.05. The highest BCUT2D eigenvalue weighted by atomic mass is 16.6. The summed E-state index contributed by atoms with van der Waals surface area (Å²) in [6.07, 6.45) is 37.7. The van der Waals surface area contributed by atoms with Crippen LogP contribution < -0.4 is 0 Å². The molecule has 1 saturated heterocycles. The van der Waals surface area contributed by atoms with Crippen LogP contribution in [0.4, 0.5) is 0 Å². The molecular weight excluding hydrogens is 677 g/mol. The number of benzene rings is 1. The third-order valence-corrected chi connectivity index (χ3v) is 10.4. The molecule has 2 atom stereocenters. The molecule has 0 saturated carbocycles. The molecule has 0 bridgehead atoms. The third kappa shape index (κ3) is 29.7. The second kappa shape index (κ2) is 34.8. The predicted octanol–water partition coefficient (Wildman–Crippen LogP) is 12.9. The van der Waals surface area contributed by atoms with Crippen molar-refractivity contribution in [3.05, 3.63) is 48.0 Å². The van der Waals surface area contributed by atoms with Crippen molar-refractivity contribution < 1.29 is 33.3 Å². The van der Waals surface area contributed by atoms with E-state index in [4.69, 9.17) is 18.9 Å². The number of allylic oxidation sites excluding steroid dienone is 1. The Bertz CT molecular complexity index is 1070. The van der Waals surface area contributed by atoms with Crippen molar-refractivity contribution in [1.82, 2.24) is 0 Å². The van der Waals surface area contributed by atoms with Gasteiger partial charge in [0.25, 0.3) is 0 Å². The molecule has 1 aliphatic heterocycles. The van der Waals surface area contributed by atoms with Crippen LogP contribution in [0.5, 0.6) is 0 Å². The Morgan fingerprint density at radius 3 is 1.50 bits per heavy atom. The summed E-state index contributed by atoms with van der Waals surface area (Å²) >= 11 is 0. The summed E-state index contributed by atoms with van der Waals surface area (Å²) in [5.41, 5.74) is 1.02. The molecule has 0 aromatic heterocycles. The minimum absolute atomic E-state index is 0.0376. The highest BCUT2D eigenvalue weighted by Crippen LogP contribution is 2.30. The third-order valence-electron chi connectivity index (χ3n) is 10.4. The van der Waals surface area contributed by atoms with Gasteiger partial charge < -0.3 is 18.9 Å². The first-order valence-corrected chi connectivity index (χ1v) is 22.4. The van der Waals surface area contributed by atoms with Crippen LogP contribution in [0, 0.1) is 0 Å². The van der Waals surface area contributed by atoms with E-state index in [0.29, 0.717) is 51.3 Å². The molecule has 1 heterocycles. The monoisotopic (exact) mass is 755 g/mol. The smallest absolute Gasteiger partial charge is 0.306 e. The molecule has 1 aliphatic rings. The second-order valence-electron chi connectivity index (χ2n) is 15.5. The van der Waals surface area contributed by atoms with E-state index in [0.717, 1.165) is 95.5 Å². The summed E-state index contributed by atoms with van der Waals surface area (Å²) in [5, 5.41) is 0. The van der Waals surface area contributed by atoms with Gasteiger partial charge in [0.15, 0.2) is 0 Å². The van der Waals surface area contributed by atoms with Crippen LogP contribution in [-0.2, 0) is 39.9 Å². The Morgan fingerprint density at radius 2 is 0.981 bits per heavy atom. The van der Waals surface area contributed by atoms with Gasteiger partial charge in [0.1, 0.15) is 6.61 Å². The van der Waals surface area contributed by atoms with Crippen molar-refractivity contribution in [3.8, 4) is 0 Å². The molecule has 0 amide bonds. The summed E-state index contributed by atoms with van der Waals surface area (Å²) in [6.45, 7) is 3.70. The fraction of sp³-hybridized carbons (Fsp3) is 0.766. The number of hydrogen-bond donors (Lipinski definition) is 0. The molecular formula is C47H78O7. The molecule has 7 nitrogen and oxygen atoms in total. The van der Waals surface area contributed by atoms with Gasteiger partial charge in [-0.1, -0.05) is 165 Å². The van der Waals surface area contributed by atoms with E-state index >= 15 is 0 Å². The van der Waals surface area contributed by atoms with Crippen LogP contribution in [0.3, 0.4) is 0 Å². The quantitative estimate of drug-likeness (QED) is 0.0218. The molecule has 0 aliphatic carbocycles. The van der Waals surface area contributed by atoms with Gasteiger partial charge >= 0.3 is 17.9 Å². The standard InChI is InChI=1S/C47H78O7/c1-2-3-23-34-43-44(54-43)35-26-16-10-4-5-11-17-27-36-45(48)51-39-30-20-14-8-9-15-21-31-40-52-46(49)37-28-18-12-6-7-13-19-29-38-47(50)53-41-42-32-24-22-25-33-42/h16,22,24-26,32-33,43-44H,2-15,17-21,23,27-31,34-41H2,1H3/b26-16-. The van der Waals surface area contributed by atoms with Gasteiger partial charge in [-0.05, 0) is 63.4 Å². The lowest BCUT2D eigenvalue weighted by Gasteiger charge is -2.06. The summed E-state index contributed by atoms with van der Waals surface area (Å²) in [7, 11) is 0. The molecule has 2 unspecified atom stereocenters. The number of epoxide rings is 1. The van der Waals surface area contributed by atoms with E-state index in [9.17, 15) is 14.4 Å². The maximum atomic E-state index is 12.0. The van der Waals surface area contributed by atoms with Crippen molar-refractivity contribution in [2.24, 2.45) is 0 Å². The number of unbranched alkanes of at least 4 members (excludes halogenated alkanes) is 21. The second-order valence-corrected chi connectivity index (χ2v) is 15.5. The average Bonchev–Trinajstić information content (AvgIpc) is 3.94. The first-order valence-electron chi connectivity index (χ1n) is 22.4. The number of esters is 3. The lowest BCUT2D eigenvalue weighted by molar-refractivity contribution is -0.145. The summed E-state index contributed by atoms with van der Waals surface area (Å²) < 4.78 is 21.9. The Hall–Kier alpha value is -2.67. The van der Waals surface area contributed by atoms with E-state index in [1.54, 1.807) is 0 Å². The van der Waals surface area contributed by atoms with Gasteiger partial charge in [-0.25, -0.2) is 0 Å². The molecule has 1 aromatic carbocycles. The molecule has 0 spiro atoms. The summed E-state index contributed by atoms with van der Waals surface area (Å²) in [5.74, 6) is -0.211. The molecule has 0 radical (unpaired) electrons. The average molecular weight is 755 g/mol. The zero-order valence-corrected chi connectivity index (χ0v) is 34.4. The zero-order chi connectivity index (χ0) is 38.6. The van der Waals surface area contributed by atoms with Crippen LogP contribution in [-0.4, -0.2) is 43.3 Å². The SMILES string of the molecule is CCCCCC1OC1C/C=C\CCCCCCCC(=O)OCCCCCCCCCCOC(=O)CCCCCCCCCCC(=O)OCc1ccccc1. The Morgan fingerprint density at radius 1 is 0.519 bits per heavy atom. The van der Waals surface area contributed by atoms with Crippen LogP contribution in [0.25, 0.3) is 0 Å². The maximum Gasteiger partial charge on any atom is 0.306 e. The molecule has 1 fully saturated rings. The van der Waals surface area contributed by atoms with Crippen LogP contribution in [0.1, 0.15) is 205 Å². The first kappa shape index (κ1) is 47.5. The number of carbonyl (C=O) groups excluding carboxylic acids is 3. The van der Waals surface area contributed by atoms with Gasteiger partial charge in [0.05, 0.1) is 25.4 Å². The van der Waals surface area contributed by atoms with Gasteiger partial charge in [-0.3, -0.25) is 14.4 Å². The van der Waals surface area contributed by atoms with E-state index in [2.05, 4.69) is 19.1 Å². The molecule has 54 heavy (non-hydrogen) atoms. The van der Waals surface area contributed by atoms with Gasteiger partial charge in [-0.2, -0.15) is 0 Å². The Balaban J connectivity index is 1.20. The maximum absolute atomic E-state index is 12.0. The van der Waals surface area contributed by atoms with Crippen LogP contribution in [0.15, 0.2) is 42.5 Å². The zero-order valence-electron chi connectivity index (χ0n) is 34.4. The number of carbonyl (C=O) groups is 3. The highest BCUT2D eigenvalue weighted by molar-refractivity contribution is 5.69.